The molecular formula is C9H10O5. The molecule has 5 heteroatoms. The summed E-state index contributed by atoms with van der Waals surface area (Å²) in [6.45, 7) is 0. The van der Waals surface area contributed by atoms with Gasteiger partial charge in [-0.3, -0.25) is 4.79 Å². The van der Waals surface area contributed by atoms with Crippen molar-refractivity contribution in [3.05, 3.63) is 29.3 Å². The van der Waals surface area contributed by atoms with E-state index >= 15 is 0 Å². The summed E-state index contributed by atoms with van der Waals surface area (Å²) in [6.07, 6.45) is 0.433. The first kappa shape index (κ1) is 12.1. The van der Waals surface area contributed by atoms with Crippen LogP contribution in [-0.4, -0.2) is 34.7 Å². The minimum absolute atomic E-state index is 0.0558. The van der Waals surface area contributed by atoms with Gasteiger partial charge in [0.1, 0.15) is 5.75 Å². The average molecular weight is 198 g/mol. The molecule has 0 radical (unpaired) electrons. The number of benzene rings is 1. The highest BCUT2D eigenvalue weighted by Crippen LogP contribution is 2.14. The summed E-state index contributed by atoms with van der Waals surface area (Å²) in [4.78, 5) is 20.8. The first-order valence-corrected chi connectivity index (χ1v) is 3.61. The molecule has 5 nitrogen and oxygen atoms in total. The van der Waals surface area contributed by atoms with Crippen LogP contribution in [0.1, 0.15) is 20.7 Å². The standard InChI is InChI=1S/C8H6O4.CH4O/c9-4-5-1-2-6(10)3-7(5)8(11)12;1-2/h1-4,10H,(H,11,12);2H,1H3. The largest absolute Gasteiger partial charge is 0.508 e. The first-order chi connectivity index (χ1) is 6.65. The number of hydrogen-bond donors (Lipinski definition) is 3. The van der Waals surface area contributed by atoms with E-state index < -0.39 is 5.97 Å². The lowest BCUT2D eigenvalue weighted by Gasteiger charge is -1.98. The zero-order valence-electron chi connectivity index (χ0n) is 7.47. The van der Waals surface area contributed by atoms with E-state index in [4.69, 9.17) is 15.3 Å². The van der Waals surface area contributed by atoms with E-state index in [2.05, 4.69) is 0 Å². The number of phenolic OH excluding ortho intramolecular Hbond substituents is 1. The molecule has 0 heterocycles. The van der Waals surface area contributed by atoms with Crippen LogP contribution in [0.2, 0.25) is 0 Å². The molecule has 1 aromatic carbocycles. The Labute approximate surface area is 80.2 Å². The molecule has 1 aromatic rings. The van der Waals surface area contributed by atoms with Gasteiger partial charge in [-0.2, -0.15) is 0 Å². The van der Waals surface area contributed by atoms with E-state index in [-0.39, 0.29) is 16.9 Å². The maximum atomic E-state index is 10.5. The smallest absolute Gasteiger partial charge is 0.336 e. The molecule has 1 rings (SSSR count). The molecule has 0 bridgehead atoms. The lowest BCUT2D eigenvalue weighted by atomic mass is 10.1. The monoisotopic (exact) mass is 198 g/mol. The first-order valence-electron chi connectivity index (χ1n) is 3.61. The van der Waals surface area contributed by atoms with E-state index in [0.29, 0.717) is 6.29 Å². The Kier molecular flexibility index (Phi) is 4.95. The molecule has 0 spiro atoms. The number of aromatic hydroxyl groups is 1. The Bertz CT molecular complexity index is 332. The molecule has 0 saturated carbocycles. The molecular weight excluding hydrogens is 188 g/mol. The number of carbonyl (C=O) groups is 2. The van der Waals surface area contributed by atoms with Gasteiger partial charge in [0.2, 0.25) is 0 Å². The number of aliphatic hydroxyl groups is 1. The summed E-state index contributed by atoms with van der Waals surface area (Å²) in [7, 11) is 1.00. The van der Waals surface area contributed by atoms with Gasteiger partial charge >= 0.3 is 5.97 Å². The van der Waals surface area contributed by atoms with Crippen LogP contribution in [0.5, 0.6) is 5.75 Å². The third-order valence-electron chi connectivity index (χ3n) is 1.39. The van der Waals surface area contributed by atoms with Crippen molar-refractivity contribution in [2.45, 2.75) is 0 Å². The molecule has 0 atom stereocenters. The summed E-state index contributed by atoms with van der Waals surface area (Å²) in [5.74, 6) is -1.40. The second-order valence-corrected chi connectivity index (χ2v) is 2.19. The Balaban J connectivity index is 0.000000791. The number of phenols is 1. The molecule has 0 saturated heterocycles. The van der Waals surface area contributed by atoms with Gasteiger partial charge in [-0.05, 0) is 18.2 Å². The minimum atomic E-state index is -1.23. The number of carboxylic acids is 1. The molecule has 0 aliphatic carbocycles. The van der Waals surface area contributed by atoms with Gasteiger partial charge in [0.25, 0.3) is 0 Å². The average Bonchev–Trinajstić information content (AvgIpc) is 2.20. The quantitative estimate of drug-likeness (QED) is 0.602. The van der Waals surface area contributed by atoms with E-state index in [1.54, 1.807) is 0 Å². The van der Waals surface area contributed by atoms with Crippen LogP contribution in [0.25, 0.3) is 0 Å². The molecule has 14 heavy (non-hydrogen) atoms. The zero-order chi connectivity index (χ0) is 11.1. The maximum absolute atomic E-state index is 10.5. The Morgan fingerprint density at radius 3 is 2.36 bits per heavy atom. The molecule has 0 unspecified atom stereocenters. The number of aliphatic hydroxyl groups excluding tert-OH is 1. The molecule has 0 aliphatic rings. The van der Waals surface area contributed by atoms with Gasteiger partial charge in [0.15, 0.2) is 6.29 Å². The van der Waals surface area contributed by atoms with Crippen LogP contribution in [0.15, 0.2) is 18.2 Å². The predicted octanol–water partition coefficient (Wildman–Crippen LogP) is 0.511. The molecule has 3 N–H and O–H groups in total. The van der Waals surface area contributed by atoms with Crippen molar-refractivity contribution in [1.29, 1.82) is 0 Å². The fourth-order valence-electron chi connectivity index (χ4n) is 0.832. The summed E-state index contributed by atoms with van der Waals surface area (Å²) in [6, 6.07) is 3.55. The highest BCUT2D eigenvalue weighted by atomic mass is 16.4. The molecule has 0 amide bonds. The lowest BCUT2D eigenvalue weighted by molar-refractivity contribution is 0.0693. The molecule has 0 fully saturated rings. The van der Waals surface area contributed by atoms with Crippen molar-refractivity contribution in [2.24, 2.45) is 0 Å². The van der Waals surface area contributed by atoms with Crippen molar-refractivity contribution < 1.29 is 24.9 Å². The van der Waals surface area contributed by atoms with Crippen LogP contribution in [0, 0.1) is 0 Å². The number of aldehydes is 1. The summed E-state index contributed by atoms with van der Waals surface area (Å²) in [5.41, 5.74) is -0.134. The SMILES string of the molecule is CO.O=Cc1ccc(O)cc1C(=O)O. The van der Waals surface area contributed by atoms with Crippen LogP contribution >= 0.6 is 0 Å². The normalized spacial score (nSPS) is 8.43. The van der Waals surface area contributed by atoms with Crippen molar-refractivity contribution in [3.8, 4) is 5.75 Å². The van der Waals surface area contributed by atoms with E-state index in [9.17, 15) is 9.59 Å². The third kappa shape index (κ3) is 2.87. The van der Waals surface area contributed by atoms with Crippen LogP contribution in [0.3, 0.4) is 0 Å². The second-order valence-electron chi connectivity index (χ2n) is 2.19. The molecule has 0 aromatic heterocycles. The number of hydrogen-bond acceptors (Lipinski definition) is 4. The maximum Gasteiger partial charge on any atom is 0.336 e. The predicted molar refractivity (Wildman–Crippen MR) is 48.6 cm³/mol. The summed E-state index contributed by atoms with van der Waals surface area (Å²) in [5, 5.41) is 24.5. The third-order valence-corrected chi connectivity index (χ3v) is 1.39. The number of carbonyl (C=O) groups excluding carboxylic acids is 1. The van der Waals surface area contributed by atoms with Crippen LogP contribution in [-0.2, 0) is 0 Å². The topological polar surface area (TPSA) is 94.8 Å². The minimum Gasteiger partial charge on any atom is -0.508 e. The van der Waals surface area contributed by atoms with E-state index in [0.717, 1.165) is 13.2 Å². The van der Waals surface area contributed by atoms with Crippen LogP contribution in [0.4, 0.5) is 0 Å². The fourth-order valence-corrected chi connectivity index (χ4v) is 0.832. The van der Waals surface area contributed by atoms with Gasteiger partial charge in [-0.15, -0.1) is 0 Å². The van der Waals surface area contributed by atoms with E-state index in [1.165, 1.54) is 12.1 Å². The van der Waals surface area contributed by atoms with Gasteiger partial charge in [-0.1, -0.05) is 0 Å². The lowest BCUT2D eigenvalue weighted by Crippen LogP contribution is -2.00. The van der Waals surface area contributed by atoms with Crippen molar-refractivity contribution in [3.63, 3.8) is 0 Å². The second kappa shape index (κ2) is 5.71. The highest BCUT2D eigenvalue weighted by Gasteiger charge is 2.09. The van der Waals surface area contributed by atoms with Crippen LogP contribution < -0.4 is 0 Å². The van der Waals surface area contributed by atoms with Gasteiger partial charge in [-0.25, -0.2) is 4.79 Å². The Hall–Kier alpha value is -1.88. The molecule has 0 aliphatic heterocycles. The van der Waals surface area contributed by atoms with E-state index in [1.807, 2.05) is 0 Å². The number of rotatable bonds is 2. The molecule has 76 valence electrons. The highest BCUT2D eigenvalue weighted by molar-refractivity contribution is 5.97. The summed E-state index contributed by atoms with van der Waals surface area (Å²) < 4.78 is 0. The van der Waals surface area contributed by atoms with Gasteiger partial charge < -0.3 is 15.3 Å². The number of aromatic carboxylic acids is 1. The Morgan fingerprint density at radius 2 is 1.93 bits per heavy atom. The van der Waals surface area contributed by atoms with Crippen molar-refractivity contribution >= 4 is 12.3 Å². The van der Waals surface area contributed by atoms with Crippen molar-refractivity contribution in [2.75, 3.05) is 7.11 Å². The van der Waals surface area contributed by atoms with Gasteiger partial charge in [0, 0.05) is 12.7 Å². The fraction of sp³-hybridized carbons (Fsp3) is 0.111. The van der Waals surface area contributed by atoms with Crippen molar-refractivity contribution in [1.82, 2.24) is 0 Å². The summed E-state index contributed by atoms with van der Waals surface area (Å²) >= 11 is 0. The zero-order valence-corrected chi connectivity index (χ0v) is 7.47. The Morgan fingerprint density at radius 1 is 1.36 bits per heavy atom. The number of carboxylic acid groups (broad SMARTS) is 1. The van der Waals surface area contributed by atoms with Gasteiger partial charge in [0.05, 0.1) is 5.56 Å².